The fraction of sp³-hybridized carbons (Fsp3) is 0.333. The summed E-state index contributed by atoms with van der Waals surface area (Å²) in [7, 11) is 0. The number of carbonyl (C=O) groups excluding carboxylic acids is 2. The number of thioether (sulfide) groups is 1. The van der Waals surface area contributed by atoms with Crippen molar-refractivity contribution in [3.05, 3.63) is 48.4 Å². The van der Waals surface area contributed by atoms with Crippen molar-refractivity contribution in [2.45, 2.75) is 36.5 Å². The fourth-order valence-corrected chi connectivity index (χ4v) is 3.78. The molecule has 0 radical (unpaired) electrons. The predicted molar refractivity (Wildman–Crippen MR) is 93.9 cm³/mol. The minimum Gasteiger partial charge on any atom is -0.467 e. The van der Waals surface area contributed by atoms with Crippen LogP contribution in [0.1, 0.15) is 25.5 Å². The first-order valence-electron chi connectivity index (χ1n) is 7.98. The Morgan fingerprint density at radius 3 is 2.88 bits per heavy atom. The molecule has 2 aromatic rings. The molecule has 2 amide bonds. The standard InChI is InChI=1S/C18H20N2O3S/c1-13-12-20(15-6-2-3-7-16(15)24-13)18(22)9-8-17(21)19-11-14-5-4-10-23-14/h2-7,10,13H,8-9,11-12H2,1H3,(H,19,21). The summed E-state index contributed by atoms with van der Waals surface area (Å²) in [5.41, 5.74) is 0.946. The number of rotatable bonds is 5. The number of fused-ring (bicyclic) bond motifs is 1. The Kier molecular flexibility index (Phi) is 5.25. The summed E-state index contributed by atoms with van der Waals surface area (Å²) in [6, 6.07) is 11.5. The largest absolute Gasteiger partial charge is 0.467 e. The van der Waals surface area contributed by atoms with Crippen LogP contribution in [0.5, 0.6) is 0 Å². The number of nitrogens with zero attached hydrogens (tertiary/aromatic N) is 1. The maximum Gasteiger partial charge on any atom is 0.227 e. The monoisotopic (exact) mass is 344 g/mol. The second kappa shape index (κ2) is 7.57. The lowest BCUT2D eigenvalue weighted by molar-refractivity contribution is -0.125. The van der Waals surface area contributed by atoms with Gasteiger partial charge in [0.1, 0.15) is 5.76 Å². The van der Waals surface area contributed by atoms with Gasteiger partial charge in [-0.25, -0.2) is 0 Å². The van der Waals surface area contributed by atoms with E-state index in [4.69, 9.17) is 4.42 Å². The van der Waals surface area contributed by atoms with Crippen LogP contribution in [0.25, 0.3) is 0 Å². The number of hydrogen-bond donors (Lipinski definition) is 1. The Bertz CT molecular complexity index is 715. The Morgan fingerprint density at radius 1 is 1.25 bits per heavy atom. The number of amides is 2. The summed E-state index contributed by atoms with van der Waals surface area (Å²) in [6.45, 7) is 3.13. The first-order valence-corrected chi connectivity index (χ1v) is 8.86. The predicted octanol–water partition coefficient (Wildman–Crippen LogP) is 3.20. The molecule has 2 heterocycles. The van der Waals surface area contributed by atoms with Gasteiger partial charge in [0.2, 0.25) is 11.8 Å². The molecule has 1 N–H and O–H groups in total. The fourth-order valence-electron chi connectivity index (χ4n) is 2.67. The van der Waals surface area contributed by atoms with Crippen molar-refractivity contribution < 1.29 is 14.0 Å². The van der Waals surface area contributed by atoms with Crippen molar-refractivity contribution in [3.63, 3.8) is 0 Å². The van der Waals surface area contributed by atoms with Crippen LogP contribution >= 0.6 is 11.8 Å². The van der Waals surface area contributed by atoms with Gasteiger partial charge in [-0.2, -0.15) is 0 Å². The maximum absolute atomic E-state index is 12.6. The zero-order valence-electron chi connectivity index (χ0n) is 13.5. The van der Waals surface area contributed by atoms with E-state index in [1.54, 1.807) is 35.1 Å². The molecule has 1 aromatic heterocycles. The lowest BCUT2D eigenvalue weighted by atomic mass is 10.2. The van der Waals surface area contributed by atoms with Crippen LogP contribution in [0.2, 0.25) is 0 Å². The minimum atomic E-state index is -0.146. The third kappa shape index (κ3) is 4.00. The van der Waals surface area contributed by atoms with Crippen molar-refractivity contribution in [1.29, 1.82) is 0 Å². The molecule has 5 nitrogen and oxygen atoms in total. The molecule has 1 aliphatic rings. The number of benzene rings is 1. The SMILES string of the molecule is CC1CN(C(=O)CCC(=O)NCc2ccco2)c2ccccc2S1. The lowest BCUT2D eigenvalue weighted by Gasteiger charge is -2.32. The van der Waals surface area contributed by atoms with Gasteiger partial charge < -0.3 is 14.6 Å². The van der Waals surface area contributed by atoms with E-state index < -0.39 is 0 Å². The topological polar surface area (TPSA) is 62.6 Å². The van der Waals surface area contributed by atoms with Gasteiger partial charge in [-0.05, 0) is 24.3 Å². The van der Waals surface area contributed by atoms with Crippen LogP contribution in [0.3, 0.4) is 0 Å². The number of nitrogens with one attached hydrogen (secondary N) is 1. The average molecular weight is 344 g/mol. The molecule has 1 aliphatic heterocycles. The first kappa shape index (κ1) is 16.6. The van der Waals surface area contributed by atoms with Gasteiger partial charge in [-0.15, -0.1) is 11.8 Å². The van der Waals surface area contributed by atoms with Crippen LogP contribution in [0, 0.1) is 0 Å². The highest BCUT2D eigenvalue weighted by Gasteiger charge is 2.26. The highest BCUT2D eigenvalue weighted by atomic mass is 32.2. The second-order valence-electron chi connectivity index (χ2n) is 5.76. The molecule has 0 saturated heterocycles. The Morgan fingerprint density at radius 2 is 2.08 bits per heavy atom. The lowest BCUT2D eigenvalue weighted by Crippen LogP contribution is -2.39. The molecule has 126 valence electrons. The van der Waals surface area contributed by atoms with Crippen LogP contribution in [0.4, 0.5) is 5.69 Å². The van der Waals surface area contributed by atoms with Crippen molar-refractivity contribution in [2.24, 2.45) is 0 Å². The van der Waals surface area contributed by atoms with Crippen LogP contribution in [-0.2, 0) is 16.1 Å². The molecule has 0 bridgehead atoms. The van der Waals surface area contributed by atoms with Gasteiger partial charge in [0.15, 0.2) is 0 Å². The van der Waals surface area contributed by atoms with Crippen LogP contribution < -0.4 is 10.2 Å². The zero-order chi connectivity index (χ0) is 16.9. The molecule has 0 aliphatic carbocycles. The van der Waals surface area contributed by atoms with E-state index in [2.05, 4.69) is 12.2 Å². The van der Waals surface area contributed by atoms with Gasteiger partial charge in [0, 0.05) is 29.5 Å². The molecule has 0 fully saturated rings. The molecule has 6 heteroatoms. The molecule has 1 aromatic carbocycles. The molecule has 1 atom stereocenters. The van der Waals surface area contributed by atoms with Gasteiger partial charge in [0.05, 0.1) is 18.5 Å². The van der Waals surface area contributed by atoms with E-state index in [-0.39, 0.29) is 24.7 Å². The van der Waals surface area contributed by atoms with Crippen molar-refractivity contribution in [2.75, 3.05) is 11.4 Å². The third-order valence-electron chi connectivity index (χ3n) is 3.83. The highest BCUT2D eigenvalue weighted by molar-refractivity contribution is 8.00. The Labute approximate surface area is 145 Å². The van der Waals surface area contributed by atoms with Crippen LogP contribution in [0.15, 0.2) is 52.0 Å². The van der Waals surface area contributed by atoms with Gasteiger partial charge in [-0.3, -0.25) is 9.59 Å². The number of para-hydroxylation sites is 1. The molecule has 0 spiro atoms. The zero-order valence-corrected chi connectivity index (χ0v) is 14.3. The molecular formula is C18H20N2O3S. The van der Waals surface area contributed by atoms with Gasteiger partial charge in [-0.1, -0.05) is 19.1 Å². The summed E-state index contributed by atoms with van der Waals surface area (Å²) < 4.78 is 5.16. The molecule has 1 unspecified atom stereocenters. The van der Waals surface area contributed by atoms with E-state index in [1.807, 2.05) is 24.3 Å². The number of anilines is 1. The molecule has 24 heavy (non-hydrogen) atoms. The van der Waals surface area contributed by atoms with Crippen molar-refractivity contribution in [3.8, 4) is 0 Å². The quantitative estimate of drug-likeness (QED) is 0.905. The van der Waals surface area contributed by atoms with Gasteiger partial charge in [0.25, 0.3) is 0 Å². The van der Waals surface area contributed by atoms with Gasteiger partial charge >= 0.3 is 0 Å². The second-order valence-corrected chi connectivity index (χ2v) is 7.24. The molecule has 3 rings (SSSR count). The minimum absolute atomic E-state index is 0.0113. The average Bonchev–Trinajstić information content (AvgIpc) is 3.10. The first-order chi connectivity index (χ1) is 11.6. The summed E-state index contributed by atoms with van der Waals surface area (Å²) in [6.07, 6.45) is 1.95. The number of hydrogen-bond acceptors (Lipinski definition) is 4. The highest BCUT2D eigenvalue weighted by Crippen LogP contribution is 2.38. The van der Waals surface area contributed by atoms with E-state index in [0.29, 0.717) is 24.1 Å². The summed E-state index contributed by atoms with van der Waals surface area (Å²) in [4.78, 5) is 27.4. The van der Waals surface area contributed by atoms with E-state index in [0.717, 1.165) is 10.6 Å². The Hall–Kier alpha value is -2.21. The molecule has 0 saturated carbocycles. The third-order valence-corrected chi connectivity index (χ3v) is 4.98. The van der Waals surface area contributed by atoms with Crippen molar-refractivity contribution >= 4 is 29.3 Å². The van der Waals surface area contributed by atoms with Crippen molar-refractivity contribution in [1.82, 2.24) is 5.32 Å². The maximum atomic E-state index is 12.6. The van der Waals surface area contributed by atoms with E-state index in [9.17, 15) is 9.59 Å². The normalized spacial score (nSPS) is 16.5. The van der Waals surface area contributed by atoms with E-state index >= 15 is 0 Å². The smallest absolute Gasteiger partial charge is 0.227 e. The molecular weight excluding hydrogens is 324 g/mol. The summed E-state index contributed by atoms with van der Waals surface area (Å²) in [5.74, 6) is 0.542. The summed E-state index contributed by atoms with van der Waals surface area (Å²) >= 11 is 1.78. The summed E-state index contributed by atoms with van der Waals surface area (Å²) in [5, 5.41) is 3.11. The Balaban J connectivity index is 1.54. The number of furan rings is 1. The van der Waals surface area contributed by atoms with E-state index in [1.165, 1.54) is 0 Å². The van der Waals surface area contributed by atoms with Crippen LogP contribution in [-0.4, -0.2) is 23.6 Å². The number of carbonyl (C=O) groups is 2.